The van der Waals surface area contributed by atoms with E-state index in [1.54, 1.807) is 0 Å². The number of carbonyl (C=O) groups excluding carboxylic acids is 1. The molecule has 1 unspecified atom stereocenters. The summed E-state index contributed by atoms with van der Waals surface area (Å²) in [6, 6.07) is -0.472. The van der Waals surface area contributed by atoms with Crippen LogP contribution >= 0.6 is 0 Å². The van der Waals surface area contributed by atoms with E-state index in [0.29, 0.717) is 25.4 Å². The van der Waals surface area contributed by atoms with Gasteiger partial charge in [0.1, 0.15) is 6.04 Å². The molecular formula is C11H19N2NaO3. The summed E-state index contributed by atoms with van der Waals surface area (Å²) >= 11 is 0. The summed E-state index contributed by atoms with van der Waals surface area (Å²) in [4.78, 5) is 24.2. The molecule has 0 aromatic rings. The fraction of sp³-hybridized carbons (Fsp3) is 0.818. The van der Waals surface area contributed by atoms with Gasteiger partial charge in [-0.15, -0.1) is 0 Å². The van der Waals surface area contributed by atoms with Crippen molar-refractivity contribution >= 4 is 41.6 Å². The van der Waals surface area contributed by atoms with E-state index in [4.69, 9.17) is 5.11 Å². The summed E-state index contributed by atoms with van der Waals surface area (Å²) in [5.74, 6) is 0.354. The molecule has 2 N–H and O–H groups in total. The molecule has 1 aliphatic heterocycles. The van der Waals surface area contributed by atoms with Crippen molar-refractivity contribution in [1.82, 2.24) is 10.2 Å². The molecule has 0 aromatic heterocycles. The number of hydrogen-bond donors (Lipinski definition) is 2. The third-order valence-electron chi connectivity index (χ3n) is 3.28. The van der Waals surface area contributed by atoms with E-state index < -0.39 is 12.1 Å². The van der Waals surface area contributed by atoms with Crippen molar-refractivity contribution in [2.45, 2.75) is 38.1 Å². The molecule has 2 amide bonds. The Labute approximate surface area is 123 Å². The van der Waals surface area contributed by atoms with Crippen LogP contribution in [0.15, 0.2) is 0 Å². The van der Waals surface area contributed by atoms with Crippen molar-refractivity contribution in [3.63, 3.8) is 0 Å². The van der Waals surface area contributed by atoms with E-state index in [0.717, 1.165) is 25.7 Å². The Kier molecular flexibility index (Phi) is 5.76. The molecule has 1 aliphatic carbocycles. The quantitative estimate of drug-likeness (QED) is 0.712. The van der Waals surface area contributed by atoms with Crippen LogP contribution in [0.1, 0.15) is 32.1 Å². The first-order valence-electron chi connectivity index (χ1n) is 5.96. The van der Waals surface area contributed by atoms with Gasteiger partial charge in [-0.05, 0) is 38.0 Å². The zero-order valence-electron chi connectivity index (χ0n) is 9.32. The minimum atomic E-state index is -0.964. The van der Waals surface area contributed by atoms with Gasteiger partial charge in [0.25, 0.3) is 0 Å². The molecule has 0 aromatic carbocycles. The third-order valence-corrected chi connectivity index (χ3v) is 3.28. The summed E-state index contributed by atoms with van der Waals surface area (Å²) in [6.45, 7) is 1.19. The maximum atomic E-state index is 11.7. The second-order valence-electron chi connectivity index (χ2n) is 4.68. The maximum absolute atomic E-state index is 11.7. The van der Waals surface area contributed by atoms with E-state index in [1.807, 2.05) is 0 Å². The summed E-state index contributed by atoms with van der Waals surface area (Å²) < 4.78 is 0. The Hall–Kier alpha value is -0.260. The van der Waals surface area contributed by atoms with Crippen LogP contribution in [0.3, 0.4) is 0 Å². The Morgan fingerprint density at radius 2 is 2.06 bits per heavy atom. The topological polar surface area (TPSA) is 69.6 Å². The molecule has 5 nitrogen and oxygen atoms in total. The van der Waals surface area contributed by atoms with Crippen molar-refractivity contribution in [3.8, 4) is 0 Å². The second-order valence-corrected chi connectivity index (χ2v) is 4.68. The van der Waals surface area contributed by atoms with E-state index >= 15 is 0 Å². The molecule has 1 saturated heterocycles. The SMILES string of the molecule is O=C1NCCCCC1N(CC1CC1)C(=O)O.[NaH]. The van der Waals surface area contributed by atoms with E-state index in [1.165, 1.54) is 4.90 Å². The first-order chi connectivity index (χ1) is 7.68. The average molecular weight is 250 g/mol. The molecule has 1 heterocycles. The standard InChI is InChI=1S/C11H18N2O3.Na.H/c14-10-9(3-1-2-6-12-10)13(11(15)16)7-8-4-5-8;;/h8-9H,1-7H2,(H,12,14)(H,15,16);;. The predicted molar refractivity (Wildman–Crippen MR) is 65.3 cm³/mol. The van der Waals surface area contributed by atoms with Crippen molar-refractivity contribution < 1.29 is 14.7 Å². The number of carboxylic acid groups (broad SMARTS) is 1. The zero-order chi connectivity index (χ0) is 11.5. The number of hydrogen-bond acceptors (Lipinski definition) is 2. The molecule has 2 fully saturated rings. The van der Waals surface area contributed by atoms with E-state index in [-0.39, 0.29) is 35.5 Å². The Bertz CT molecular complexity index is 294. The van der Waals surface area contributed by atoms with Crippen LogP contribution in [0.2, 0.25) is 0 Å². The van der Waals surface area contributed by atoms with Gasteiger partial charge in [0.15, 0.2) is 0 Å². The summed E-state index contributed by atoms with van der Waals surface area (Å²) in [5.41, 5.74) is 0. The van der Waals surface area contributed by atoms with Crippen LogP contribution < -0.4 is 5.32 Å². The molecule has 2 rings (SSSR count). The van der Waals surface area contributed by atoms with Crippen LogP contribution in [0.25, 0.3) is 0 Å². The molecule has 0 spiro atoms. The number of nitrogens with zero attached hydrogens (tertiary/aromatic N) is 1. The number of carbonyl (C=O) groups is 2. The van der Waals surface area contributed by atoms with Crippen molar-refractivity contribution in [2.24, 2.45) is 5.92 Å². The van der Waals surface area contributed by atoms with Crippen LogP contribution in [0.4, 0.5) is 4.79 Å². The van der Waals surface area contributed by atoms with Gasteiger partial charge in [-0.25, -0.2) is 4.79 Å². The average Bonchev–Trinajstić information content (AvgIpc) is 3.03. The van der Waals surface area contributed by atoms with E-state index in [9.17, 15) is 9.59 Å². The predicted octanol–water partition coefficient (Wildman–Crippen LogP) is 0.397. The Morgan fingerprint density at radius 3 is 2.65 bits per heavy atom. The fourth-order valence-corrected chi connectivity index (χ4v) is 2.14. The van der Waals surface area contributed by atoms with Gasteiger partial charge in [-0.2, -0.15) is 0 Å². The molecule has 2 aliphatic rings. The van der Waals surface area contributed by atoms with E-state index in [2.05, 4.69) is 5.32 Å². The molecule has 17 heavy (non-hydrogen) atoms. The van der Waals surface area contributed by atoms with Crippen molar-refractivity contribution in [3.05, 3.63) is 0 Å². The Balaban J connectivity index is 0.00000144. The van der Waals surface area contributed by atoms with Crippen LogP contribution in [0, 0.1) is 5.92 Å². The Morgan fingerprint density at radius 1 is 1.35 bits per heavy atom. The summed E-state index contributed by atoms with van der Waals surface area (Å²) in [7, 11) is 0. The van der Waals surface area contributed by atoms with Gasteiger partial charge in [-0.3, -0.25) is 9.69 Å². The van der Waals surface area contributed by atoms with Gasteiger partial charge < -0.3 is 10.4 Å². The minimum absolute atomic E-state index is 0. The zero-order valence-corrected chi connectivity index (χ0v) is 9.32. The second kappa shape index (κ2) is 6.61. The van der Waals surface area contributed by atoms with Crippen LogP contribution in [-0.4, -0.2) is 70.7 Å². The molecule has 6 heteroatoms. The van der Waals surface area contributed by atoms with Crippen LogP contribution in [-0.2, 0) is 4.79 Å². The van der Waals surface area contributed by atoms with Crippen molar-refractivity contribution in [2.75, 3.05) is 13.1 Å². The van der Waals surface area contributed by atoms with Crippen LogP contribution in [0.5, 0.6) is 0 Å². The molecule has 1 saturated carbocycles. The molecule has 0 bridgehead atoms. The monoisotopic (exact) mass is 250 g/mol. The molecular weight excluding hydrogens is 231 g/mol. The summed E-state index contributed by atoms with van der Waals surface area (Å²) in [5, 5.41) is 11.9. The van der Waals surface area contributed by atoms with Gasteiger partial charge in [0, 0.05) is 13.1 Å². The molecule has 92 valence electrons. The molecule has 0 radical (unpaired) electrons. The number of nitrogens with one attached hydrogen (secondary N) is 1. The summed E-state index contributed by atoms with van der Waals surface area (Å²) in [6.07, 6.45) is 3.74. The van der Waals surface area contributed by atoms with Gasteiger partial charge in [-0.1, -0.05) is 0 Å². The van der Waals surface area contributed by atoms with Gasteiger partial charge >= 0.3 is 35.7 Å². The first-order valence-corrected chi connectivity index (χ1v) is 5.96. The molecule has 1 atom stereocenters. The van der Waals surface area contributed by atoms with Crippen molar-refractivity contribution in [1.29, 1.82) is 0 Å². The fourth-order valence-electron chi connectivity index (χ4n) is 2.14. The number of rotatable bonds is 3. The third kappa shape index (κ3) is 4.16. The van der Waals surface area contributed by atoms with Gasteiger partial charge in [0.2, 0.25) is 5.91 Å². The van der Waals surface area contributed by atoms with Gasteiger partial charge in [0.05, 0.1) is 0 Å². The number of amides is 2. The first kappa shape index (κ1) is 14.8. The normalized spacial score (nSPS) is 24.2.